The van der Waals surface area contributed by atoms with Gasteiger partial charge in [0.1, 0.15) is 5.75 Å². The minimum atomic E-state index is -0.322. The second-order valence-corrected chi connectivity index (χ2v) is 5.83. The van der Waals surface area contributed by atoms with E-state index in [1.54, 1.807) is 7.11 Å². The lowest BCUT2D eigenvalue weighted by molar-refractivity contribution is 0.288. The van der Waals surface area contributed by atoms with Crippen molar-refractivity contribution >= 4 is 11.6 Å². The van der Waals surface area contributed by atoms with E-state index < -0.39 is 0 Å². The second-order valence-electron chi connectivity index (χ2n) is 5.45. The van der Waals surface area contributed by atoms with Crippen molar-refractivity contribution in [2.45, 2.75) is 51.5 Å². The molecule has 0 atom stereocenters. The molecule has 1 saturated carbocycles. The molecule has 1 aromatic rings. The maximum absolute atomic E-state index is 6.63. The maximum Gasteiger partial charge on any atom is 0.128 e. The highest BCUT2D eigenvalue weighted by Crippen LogP contribution is 2.45. The monoisotopic (exact) mass is 267 g/mol. The predicted molar refractivity (Wildman–Crippen MR) is 76.4 cm³/mol. The fourth-order valence-electron chi connectivity index (χ4n) is 3.09. The number of hydrogen-bond acceptors (Lipinski definition) is 2. The van der Waals surface area contributed by atoms with Crippen molar-refractivity contribution in [2.24, 2.45) is 5.73 Å². The van der Waals surface area contributed by atoms with E-state index in [0.717, 1.165) is 40.3 Å². The lowest BCUT2D eigenvalue weighted by Gasteiger charge is -2.36. The highest BCUT2D eigenvalue weighted by Gasteiger charge is 2.35. The number of aryl methyl sites for hydroxylation is 2. The quantitative estimate of drug-likeness (QED) is 0.876. The first-order chi connectivity index (χ1) is 8.49. The van der Waals surface area contributed by atoms with Gasteiger partial charge in [0, 0.05) is 11.1 Å². The van der Waals surface area contributed by atoms with Gasteiger partial charge in [-0.05, 0) is 37.8 Å². The largest absolute Gasteiger partial charge is 0.496 e. The van der Waals surface area contributed by atoms with Crippen LogP contribution in [-0.4, -0.2) is 7.11 Å². The number of nitrogens with two attached hydrogens (primary N) is 1. The molecule has 0 unspecified atom stereocenters. The van der Waals surface area contributed by atoms with E-state index in [-0.39, 0.29) is 5.54 Å². The van der Waals surface area contributed by atoms with Gasteiger partial charge in [0.25, 0.3) is 0 Å². The van der Waals surface area contributed by atoms with Crippen molar-refractivity contribution in [1.82, 2.24) is 0 Å². The van der Waals surface area contributed by atoms with E-state index in [1.807, 2.05) is 6.92 Å². The summed E-state index contributed by atoms with van der Waals surface area (Å²) in [5, 5.41) is 0.779. The molecule has 0 bridgehead atoms. The molecule has 0 saturated heterocycles. The summed E-state index contributed by atoms with van der Waals surface area (Å²) >= 11 is 6.51. The average Bonchev–Trinajstić information content (AvgIpc) is 2.34. The van der Waals surface area contributed by atoms with Crippen LogP contribution >= 0.6 is 11.6 Å². The molecule has 0 radical (unpaired) electrons. The van der Waals surface area contributed by atoms with Crippen molar-refractivity contribution in [3.63, 3.8) is 0 Å². The Balaban J connectivity index is 2.60. The molecule has 1 aromatic carbocycles. The van der Waals surface area contributed by atoms with E-state index in [2.05, 4.69) is 13.0 Å². The zero-order valence-electron chi connectivity index (χ0n) is 11.5. The number of halogens is 1. The molecule has 0 spiro atoms. The van der Waals surface area contributed by atoms with Crippen LogP contribution in [-0.2, 0) is 5.54 Å². The molecule has 2 N–H and O–H groups in total. The standard InChI is InChI=1S/C15H22ClNO/c1-10-9-11(2)14(18-3)12(13(10)16)15(17)7-5-4-6-8-15/h9H,4-8,17H2,1-3H3. The predicted octanol–water partition coefficient (Wildman–Crippen LogP) is 4.08. The Labute approximate surface area is 114 Å². The van der Waals surface area contributed by atoms with Gasteiger partial charge >= 0.3 is 0 Å². The molecule has 0 amide bonds. The van der Waals surface area contributed by atoms with Crippen molar-refractivity contribution in [1.29, 1.82) is 0 Å². The smallest absolute Gasteiger partial charge is 0.128 e. The minimum Gasteiger partial charge on any atom is -0.496 e. The first-order valence-corrected chi connectivity index (χ1v) is 7.00. The van der Waals surface area contributed by atoms with Gasteiger partial charge in [-0.15, -0.1) is 0 Å². The molecule has 1 fully saturated rings. The summed E-state index contributed by atoms with van der Waals surface area (Å²) < 4.78 is 5.57. The molecular weight excluding hydrogens is 246 g/mol. The Morgan fingerprint density at radius 3 is 2.33 bits per heavy atom. The molecule has 1 aliphatic carbocycles. The highest BCUT2D eigenvalue weighted by atomic mass is 35.5. The Bertz CT molecular complexity index is 450. The van der Waals surface area contributed by atoms with Crippen molar-refractivity contribution in [2.75, 3.05) is 7.11 Å². The van der Waals surface area contributed by atoms with E-state index in [9.17, 15) is 0 Å². The van der Waals surface area contributed by atoms with Gasteiger partial charge in [-0.3, -0.25) is 0 Å². The number of methoxy groups -OCH3 is 1. The van der Waals surface area contributed by atoms with Gasteiger partial charge in [-0.2, -0.15) is 0 Å². The van der Waals surface area contributed by atoms with Crippen molar-refractivity contribution in [3.05, 3.63) is 27.8 Å². The maximum atomic E-state index is 6.63. The molecule has 2 rings (SSSR count). The van der Waals surface area contributed by atoms with Crippen molar-refractivity contribution < 1.29 is 4.74 Å². The third-order valence-electron chi connectivity index (χ3n) is 4.03. The Morgan fingerprint density at radius 2 is 1.78 bits per heavy atom. The van der Waals surface area contributed by atoms with Crippen LogP contribution in [0.5, 0.6) is 5.75 Å². The molecule has 2 nitrogen and oxygen atoms in total. The first-order valence-electron chi connectivity index (χ1n) is 6.62. The van der Waals surface area contributed by atoms with Crippen LogP contribution in [0.2, 0.25) is 5.02 Å². The van der Waals surface area contributed by atoms with Crippen LogP contribution in [0.3, 0.4) is 0 Å². The van der Waals surface area contributed by atoms with Crippen LogP contribution in [0.15, 0.2) is 6.07 Å². The second kappa shape index (κ2) is 5.10. The summed E-state index contributed by atoms with van der Waals surface area (Å²) in [6, 6.07) is 2.07. The van der Waals surface area contributed by atoms with E-state index in [1.165, 1.54) is 19.3 Å². The van der Waals surface area contributed by atoms with Crippen LogP contribution < -0.4 is 10.5 Å². The number of rotatable bonds is 2. The van der Waals surface area contributed by atoms with Gasteiger partial charge in [-0.25, -0.2) is 0 Å². The van der Waals surface area contributed by atoms with Gasteiger partial charge in [0.05, 0.1) is 12.1 Å². The Kier molecular flexibility index (Phi) is 3.88. The van der Waals surface area contributed by atoms with E-state index in [4.69, 9.17) is 22.1 Å². The van der Waals surface area contributed by atoms with Gasteiger partial charge in [0.2, 0.25) is 0 Å². The topological polar surface area (TPSA) is 35.2 Å². The summed E-state index contributed by atoms with van der Waals surface area (Å²) in [5.41, 5.74) is 9.53. The number of benzene rings is 1. The van der Waals surface area contributed by atoms with Gasteiger partial charge in [0.15, 0.2) is 0 Å². The summed E-state index contributed by atoms with van der Waals surface area (Å²) in [4.78, 5) is 0. The molecule has 1 aliphatic rings. The zero-order chi connectivity index (χ0) is 13.3. The summed E-state index contributed by atoms with van der Waals surface area (Å²) in [6.07, 6.45) is 5.59. The summed E-state index contributed by atoms with van der Waals surface area (Å²) in [7, 11) is 1.70. The van der Waals surface area contributed by atoms with Crippen LogP contribution in [0, 0.1) is 13.8 Å². The fraction of sp³-hybridized carbons (Fsp3) is 0.600. The third kappa shape index (κ3) is 2.24. The molecule has 18 heavy (non-hydrogen) atoms. The molecular formula is C15H22ClNO. The average molecular weight is 268 g/mol. The Hall–Kier alpha value is -0.730. The van der Waals surface area contributed by atoms with E-state index >= 15 is 0 Å². The van der Waals surface area contributed by atoms with E-state index in [0.29, 0.717) is 0 Å². The summed E-state index contributed by atoms with van der Waals surface area (Å²) in [6.45, 7) is 4.09. The SMILES string of the molecule is COc1c(C)cc(C)c(Cl)c1C1(N)CCCCC1. The zero-order valence-corrected chi connectivity index (χ0v) is 12.2. The third-order valence-corrected chi connectivity index (χ3v) is 4.52. The van der Waals surface area contributed by atoms with Gasteiger partial charge < -0.3 is 10.5 Å². The number of ether oxygens (including phenoxy) is 1. The fourth-order valence-corrected chi connectivity index (χ4v) is 3.42. The molecule has 0 aliphatic heterocycles. The normalized spacial score (nSPS) is 18.7. The first kappa shape index (κ1) is 13.7. The highest BCUT2D eigenvalue weighted by molar-refractivity contribution is 6.32. The molecule has 100 valence electrons. The van der Waals surface area contributed by atoms with Crippen LogP contribution in [0.25, 0.3) is 0 Å². The number of hydrogen-bond donors (Lipinski definition) is 1. The lowest BCUT2D eigenvalue weighted by Crippen LogP contribution is -2.39. The van der Waals surface area contributed by atoms with Crippen molar-refractivity contribution in [3.8, 4) is 5.75 Å². The minimum absolute atomic E-state index is 0.322. The molecule has 3 heteroatoms. The summed E-state index contributed by atoms with van der Waals surface area (Å²) in [5.74, 6) is 0.870. The van der Waals surface area contributed by atoms with Gasteiger partial charge in [-0.1, -0.05) is 36.9 Å². The lowest BCUT2D eigenvalue weighted by atomic mass is 9.76. The Morgan fingerprint density at radius 1 is 1.17 bits per heavy atom. The van der Waals surface area contributed by atoms with Crippen LogP contribution in [0.4, 0.5) is 0 Å². The molecule has 0 aromatic heterocycles. The van der Waals surface area contributed by atoms with Crippen LogP contribution in [0.1, 0.15) is 48.8 Å². The molecule has 0 heterocycles.